The van der Waals surface area contributed by atoms with Crippen molar-refractivity contribution in [1.29, 1.82) is 0 Å². The molecule has 7 nitrogen and oxygen atoms in total. The van der Waals surface area contributed by atoms with E-state index in [9.17, 15) is 9.59 Å². The van der Waals surface area contributed by atoms with E-state index in [0.29, 0.717) is 38.2 Å². The first-order valence-electron chi connectivity index (χ1n) is 11.9. The van der Waals surface area contributed by atoms with E-state index in [1.165, 1.54) is 0 Å². The van der Waals surface area contributed by atoms with Gasteiger partial charge in [0.15, 0.2) is 0 Å². The first-order chi connectivity index (χ1) is 16.4. The van der Waals surface area contributed by atoms with Crippen molar-refractivity contribution in [2.45, 2.75) is 45.3 Å². The highest BCUT2D eigenvalue weighted by atomic mass is 16.6. The third-order valence-corrected chi connectivity index (χ3v) is 6.79. The molecule has 0 bridgehead atoms. The van der Waals surface area contributed by atoms with Crippen molar-refractivity contribution in [2.75, 3.05) is 19.6 Å². The molecule has 0 unspecified atom stereocenters. The molecule has 2 saturated heterocycles. The Bertz CT molecular complexity index is 1210. The molecule has 1 aromatic heterocycles. The monoisotopic (exact) mass is 458 g/mol. The first kappa shape index (κ1) is 22.2. The molecule has 7 heteroatoms. The fourth-order valence-corrected chi connectivity index (χ4v) is 5.09. The maximum absolute atomic E-state index is 13.4. The molecule has 3 aromatic rings. The van der Waals surface area contributed by atoms with Gasteiger partial charge in [-0.05, 0) is 56.5 Å². The number of hydrogen-bond donors (Lipinski definition) is 0. The number of ether oxygens (including phenoxy) is 1. The zero-order chi connectivity index (χ0) is 23.7. The molecule has 0 aliphatic carbocycles. The van der Waals surface area contributed by atoms with E-state index in [2.05, 4.69) is 5.10 Å². The quantitative estimate of drug-likeness (QED) is 0.577. The number of nitrogens with zero attached hydrogens (tertiary/aromatic N) is 4. The van der Waals surface area contributed by atoms with Gasteiger partial charge in [-0.15, -0.1) is 0 Å². The van der Waals surface area contributed by atoms with Crippen LogP contribution in [0, 0.1) is 13.8 Å². The number of aromatic nitrogens is 2. The predicted octanol–water partition coefficient (Wildman–Crippen LogP) is 4.51. The molecule has 5 rings (SSSR count). The summed E-state index contributed by atoms with van der Waals surface area (Å²) < 4.78 is 7.78. The fraction of sp³-hybridized carbons (Fsp3) is 0.370. The van der Waals surface area contributed by atoms with Crippen LogP contribution in [0.4, 0.5) is 4.79 Å². The van der Waals surface area contributed by atoms with E-state index in [4.69, 9.17) is 4.74 Å². The molecule has 176 valence electrons. The van der Waals surface area contributed by atoms with E-state index in [1.54, 1.807) is 4.90 Å². The van der Waals surface area contributed by atoms with Crippen LogP contribution < -0.4 is 0 Å². The van der Waals surface area contributed by atoms with E-state index in [-0.39, 0.29) is 12.0 Å². The molecule has 0 N–H and O–H groups in total. The summed E-state index contributed by atoms with van der Waals surface area (Å²) in [4.78, 5) is 29.7. The Hall–Kier alpha value is -3.61. The Morgan fingerprint density at radius 1 is 1.03 bits per heavy atom. The van der Waals surface area contributed by atoms with Gasteiger partial charge < -0.3 is 9.64 Å². The molecule has 1 spiro atoms. The number of hydrogen-bond acceptors (Lipinski definition) is 4. The average Bonchev–Trinajstić information content (AvgIpc) is 3.24. The maximum Gasteiger partial charge on any atom is 0.410 e. The lowest BCUT2D eigenvalue weighted by Gasteiger charge is -2.25. The number of likely N-dealkylation sites (tertiary alicyclic amines) is 1. The number of benzene rings is 2. The summed E-state index contributed by atoms with van der Waals surface area (Å²) in [5, 5.41) is 4.54. The van der Waals surface area contributed by atoms with Gasteiger partial charge in [-0.1, -0.05) is 36.4 Å². The zero-order valence-corrected chi connectivity index (χ0v) is 19.7. The minimum absolute atomic E-state index is 0.00546. The number of rotatable bonds is 4. The largest absolute Gasteiger partial charge is 0.441 e. The molecule has 2 aromatic carbocycles. The van der Waals surface area contributed by atoms with Crippen LogP contribution in [0.5, 0.6) is 0 Å². The van der Waals surface area contributed by atoms with Crippen LogP contribution in [0.1, 0.15) is 46.6 Å². The second kappa shape index (κ2) is 8.97. The van der Waals surface area contributed by atoms with Crippen LogP contribution in [0.2, 0.25) is 0 Å². The van der Waals surface area contributed by atoms with Gasteiger partial charge in [-0.25, -0.2) is 9.48 Å². The molecule has 2 fully saturated rings. The lowest BCUT2D eigenvalue weighted by atomic mass is 9.95. The minimum atomic E-state index is -0.521. The Morgan fingerprint density at radius 2 is 1.85 bits per heavy atom. The number of aryl methyl sites for hydroxylation is 2. The molecule has 2 aliphatic heterocycles. The summed E-state index contributed by atoms with van der Waals surface area (Å²) in [6, 6.07) is 19.6. The Morgan fingerprint density at radius 3 is 2.62 bits per heavy atom. The summed E-state index contributed by atoms with van der Waals surface area (Å²) in [6.45, 7) is 6.30. The van der Waals surface area contributed by atoms with E-state index >= 15 is 0 Å². The molecule has 3 heterocycles. The van der Waals surface area contributed by atoms with Crippen LogP contribution in [-0.4, -0.2) is 56.8 Å². The van der Waals surface area contributed by atoms with Gasteiger partial charge in [-0.3, -0.25) is 9.69 Å². The van der Waals surface area contributed by atoms with Gasteiger partial charge in [0.2, 0.25) is 0 Å². The van der Waals surface area contributed by atoms with Crippen LogP contribution in [0.15, 0.2) is 60.7 Å². The van der Waals surface area contributed by atoms with Gasteiger partial charge in [0.25, 0.3) is 5.91 Å². The molecule has 1 atom stereocenters. The van der Waals surface area contributed by atoms with Gasteiger partial charge >= 0.3 is 6.09 Å². The smallest absolute Gasteiger partial charge is 0.410 e. The van der Waals surface area contributed by atoms with Crippen molar-refractivity contribution in [3.63, 3.8) is 0 Å². The summed E-state index contributed by atoms with van der Waals surface area (Å²) in [5.41, 5.74) is 4.07. The summed E-state index contributed by atoms with van der Waals surface area (Å²) >= 11 is 0. The summed E-state index contributed by atoms with van der Waals surface area (Å²) in [5.74, 6) is 0.00546. The van der Waals surface area contributed by atoms with E-state index < -0.39 is 5.60 Å². The second-order valence-electron chi connectivity index (χ2n) is 9.43. The average molecular weight is 459 g/mol. The van der Waals surface area contributed by atoms with Gasteiger partial charge in [-0.2, -0.15) is 5.10 Å². The topological polar surface area (TPSA) is 67.7 Å². The molecule has 2 aliphatic rings. The zero-order valence-electron chi connectivity index (χ0n) is 19.7. The molecule has 34 heavy (non-hydrogen) atoms. The van der Waals surface area contributed by atoms with Crippen molar-refractivity contribution in [2.24, 2.45) is 0 Å². The first-order valence-corrected chi connectivity index (χ1v) is 11.9. The van der Waals surface area contributed by atoms with Crippen LogP contribution >= 0.6 is 0 Å². The standard InChI is InChI=1S/C27H30N4O3/c1-20-16-21(2)31(28-20)24-11-6-10-23(17-24)25(32)29-14-7-12-27(13-15-29)19-30(26(33)34-27)18-22-8-4-3-5-9-22/h3-6,8-11,16-17H,7,12-15,18-19H2,1-2H3/t27-/m0/s1. The number of amides is 2. The lowest BCUT2D eigenvalue weighted by molar-refractivity contribution is 0.0438. The normalized spacial score (nSPS) is 20.5. The predicted molar refractivity (Wildman–Crippen MR) is 129 cm³/mol. The van der Waals surface area contributed by atoms with Gasteiger partial charge in [0.1, 0.15) is 5.60 Å². The Balaban J connectivity index is 1.27. The van der Waals surface area contributed by atoms with Crippen LogP contribution in [0.25, 0.3) is 5.69 Å². The SMILES string of the molecule is Cc1cc(C)n(-c2cccc(C(=O)N3CCC[C@]4(CC3)CN(Cc3ccccc3)C(=O)O4)c2)n1. The fourth-order valence-electron chi connectivity index (χ4n) is 5.09. The lowest BCUT2D eigenvalue weighted by Crippen LogP contribution is -2.37. The van der Waals surface area contributed by atoms with Crippen molar-refractivity contribution in [3.05, 3.63) is 83.2 Å². The van der Waals surface area contributed by atoms with Crippen molar-refractivity contribution < 1.29 is 14.3 Å². The third-order valence-electron chi connectivity index (χ3n) is 6.79. The summed E-state index contributed by atoms with van der Waals surface area (Å²) in [7, 11) is 0. The van der Waals surface area contributed by atoms with E-state index in [0.717, 1.165) is 35.5 Å². The highest BCUT2D eigenvalue weighted by Crippen LogP contribution is 2.34. The molecular formula is C27H30N4O3. The second-order valence-corrected chi connectivity index (χ2v) is 9.43. The van der Waals surface area contributed by atoms with Gasteiger partial charge in [0, 0.05) is 37.3 Å². The van der Waals surface area contributed by atoms with Crippen molar-refractivity contribution in [3.8, 4) is 5.69 Å². The van der Waals surface area contributed by atoms with Crippen molar-refractivity contribution >= 4 is 12.0 Å². The molecule has 0 radical (unpaired) electrons. The van der Waals surface area contributed by atoms with Crippen molar-refractivity contribution in [1.82, 2.24) is 19.6 Å². The molecule has 0 saturated carbocycles. The highest BCUT2D eigenvalue weighted by molar-refractivity contribution is 5.94. The number of carbonyl (C=O) groups is 2. The maximum atomic E-state index is 13.4. The molecular weight excluding hydrogens is 428 g/mol. The molecule has 2 amide bonds. The Kier molecular flexibility index (Phi) is 5.86. The highest BCUT2D eigenvalue weighted by Gasteiger charge is 2.46. The van der Waals surface area contributed by atoms with E-state index in [1.807, 2.05) is 84.1 Å². The minimum Gasteiger partial charge on any atom is -0.441 e. The Labute approximate surface area is 199 Å². The van der Waals surface area contributed by atoms with Crippen LogP contribution in [-0.2, 0) is 11.3 Å². The summed E-state index contributed by atoms with van der Waals surface area (Å²) in [6.07, 6.45) is 1.95. The van der Waals surface area contributed by atoms with Crippen LogP contribution in [0.3, 0.4) is 0 Å². The number of carbonyl (C=O) groups excluding carboxylic acids is 2. The third kappa shape index (κ3) is 4.42. The van der Waals surface area contributed by atoms with Gasteiger partial charge in [0.05, 0.1) is 17.9 Å².